The Labute approximate surface area is 110 Å². The van der Waals surface area contributed by atoms with Crippen molar-refractivity contribution in [3.63, 3.8) is 0 Å². The SMILES string of the molecule is N[C@H]1COc2cc(C(=O)Nc3ccncc3)ccc21. The summed E-state index contributed by atoms with van der Waals surface area (Å²) in [5, 5.41) is 2.79. The van der Waals surface area contributed by atoms with Crippen LogP contribution in [0.15, 0.2) is 42.7 Å². The van der Waals surface area contributed by atoms with Gasteiger partial charge < -0.3 is 15.8 Å². The van der Waals surface area contributed by atoms with Crippen molar-refractivity contribution in [2.45, 2.75) is 6.04 Å². The largest absolute Gasteiger partial charge is 0.491 e. The van der Waals surface area contributed by atoms with Gasteiger partial charge in [-0.2, -0.15) is 0 Å². The molecule has 3 rings (SSSR count). The van der Waals surface area contributed by atoms with Crippen LogP contribution < -0.4 is 15.8 Å². The molecule has 1 atom stereocenters. The molecule has 0 radical (unpaired) electrons. The van der Waals surface area contributed by atoms with E-state index in [-0.39, 0.29) is 11.9 Å². The van der Waals surface area contributed by atoms with Crippen LogP contribution in [0.2, 0.25) is 0 Å². The molecule has 1 aromatic heterocycles. The minimum atomic E-state index is -0.182. The number of benzene rings is 1. The molecule has 2 heterocycles. The van der Waals surface area contributed by atoms with Crippen LogP contribution in [0, 0.1) is 0 Å². The predicted molar refractivity (Wildman–Crippen MR) is 71.1 cm³/mol. The average Bonchev–Trinajstić information content (AvgIpc) is 2.81. The molecule has 1 amide bonds. The highest BCUT2D eigenvalue weighted by molar-refractivity contribution is 6.04. The number of pyridine rings is 1. The number of nitrogens with two attached hydrogens (primary N) is 1. The lowest BCUT2D eigenvalue weighted by molar-refractivity contribution is 0.102. The van der Waals surface area contributed by atoms with Gasteiger partial charge in [-0.1, -0.05) is 6.07 Å². The maximum absolute atomic E-state index is 12.1. The van der Waals surface area contributed by atoms with Crippen LogP contribution in [0.25, 0.3) is 0 Å². The molecule has 0 spiro atoms. The van der Waals surface area contributed by atoms with E-state index >= 15 is 0 Å². The van der Waals surface area contributed by atoms with Gasteiger partial charge in [0.2, 0.25) is 0 Å². The highest BCUT2D eigenvalue weighted by atomic mass is 16.5. The summed E-state index contributed by atoms with van der Waals surface area (Å²) in [5.41, 5.74) is 8.06. The van der Waals surface area contributed by atoms with E-state index in [1.807, 2.05) is 6.07 Å². The lowest BCUT2D eigenvalue weighted by atomic mass is 10.1. The Kier molecular flexibility index (Phi) is 2.89. The van der Waals surface area contributed by atoms with Crippen LogP contribution in [0.1, 0.15) is 22.0 Å². The van der Waals surface area contributed by atoms with Gasteiger partial charge in [0.15, 0.2) is 0 Å². The third-order valence-corrected chi connectivity index (χ3v) is 3.03. The minimum Gasteiger partial charge on any atom is -0.491 e. The fourth-order valence-corrected chi connectivity index (χ4v) is 2.01. The first-order valence-electron chi connectivity index (χ1n) is 5.98. The van der Waals surface area contributed by atoms with Gasteiger partial charge in [0.1, 0.15) is 12.4 Å². The van der Waals surface area contributed by atoms with Gasteiger partial charge in [-0.3, -0.25) is 9.78 Å². The smallest absolute Gasteiger partial charge is 0.255 e. The maximum Gasteiger partial charge on any atom is 0.255 e. The molecule has 5 heteroatoms. The summed E-state index contributed by atoms with van der Waals surface area (Å²) < 4.78 is 5.44. The van der Waals surface area contributed by atoms with Gasteiger partial charge in [0.05, 0.1) is 6.04 Å². The number of nitrogens with zero attached hydrogens (tertiary/aromatic N) is 1. The average molecular weight is 255 g/mol. The van der Waals surface area contributed by atoms with E-state index in [1.54, 1.807) is 36.7 Å². The number of amides is 1. The standard InChI is InChI=1S/C14H13N3O2/c15-12-8-19-13-7-9(1-2-11(12)13)14(18)17-10-3-5-16-6-4-10/h1-7,12H,8,15H2,(H,16,17,18)/t12-/m0/s1. The van der Waals surface area contributed by atoms with Crippen molar-refractivity contribution in [2.75, 3.05) is 11.9 Å². The number of carbonyl (C=O) groups excluding carboxylic acids is 1. The van der Waals surface area contributed by atoms with E-state index in [2.05, 4.69) is 10.3 Å². The van der Waals surface area contributed by atoms with Crippen LogP contribution in [-0.2, 0) is 0 Å². The number of carbonyl (C=O) groups is 1. The second kappa shape index (κ2) is 4.70. The molecule has 3 N–H and O–H groups in total. The van der Waals surface area contributed by atoms with E-state index in [4.69, 9.17) is 10.5 Å². The minimum absolute atomic E-state index is 0.104. The van der Waals surface area contributed by atoms with Crippen LogP contribution in [0.3, 0.4) is 0 Å². The van der Waals surface area contributed by atoms with E-state index in [1.165, 1.54) is 0 Å². The Morgan fingerprint density at radius 1 is 1.32 bits per heavy atom. The first-order chi connectivity index (χ1) is 9.24. The molecule has 1 aliphatic rings. The van der Waals surface area contributed by atoms with Gasteiger partial charge in [0.25, 0.3) is 5.91 Å². The summed E-state index contributed by atoms with van der Waals surface area (Å²) >= 11 is 0. The molecule has 0 fully saturated rings. The molecule has 0 saturated carbocycles. The molecule has 0 saturated heterocycles. The van der Waals surface area contributed by atoms with E-state index < -0.39 is 0 Å². The fraction of sp³-hybridized carbons (Fsp3) is 0.143. The molecule has 0 unspecified atom stereocenters. The Hall–Kier alpha value is -2.40. The van der Waals surface area contributed by atoms with Crippen LogP contribution in [0.5, 0.6) is 5.75 Å². The maximum atomic E-state index is 12.1. The van der Waals surface area contributed by atoms with E-state index in [0.717, 1.165) is 5.56 Å². The van der Waals surface area contributed by atoms with Crippen molar-refractivity contribution >= 4 is 11.6 Å². The Bertz CT molecular complexity index is 613. The van der Waals surface area contributed by atoms with Gasteiger partial charge >= 0.3 is 0 Å². The molecule has 19 heavy (non-hydrogen) atoms. The first kappa shape index (κ1) is 11.7. The summed E-state index contributed by atoms with van der Waals surface area (Å²) in [6.45, 7) is 0.463. The zero-order valence-corrected chi connectivity index (χ0v) is 10.2. The van der Waals surface area contributed by atoms with Gasteiger partial charge in [-0.25, -0.2) is 0 Å². The van der Waals surface area contributed by atoms with Crippen LogP contribution >= 0.6 is 0 Å². The summed E-state index contributed by atoms with van der Waals surface area (Å²) in [6.07, 6.45) is 3.25. The zero-order valence-electron chi connectivity index (χ0n) is 10.2. The second-order valence-electron chi connectivity index (χ2n) is 4.36. The topological polar surface area (TPSA) is 77.2 Å². The third kappa shape index (κ3) is 2.28. The number of hydrogen-bond donors (Lipinski definition) is 2. The monoisotopic (exact) mass is 255 g/mol. The first-order valence-corrected chi connectivity index (χ1v) is 5.98. The summed E-state index contributed by atoms with van der Waals surface area (Å²) in [4.78, 5) is 16.0. The summed E-state index contributed by atoms with van der Waals surface area (Å²) in [6, 6.07) is 8.68. The molecule has 5 nitrogen and oxygen atoms in total. The highest BCUT2D eigenvalue weighted by Crippen LogP contribution is 2.31. The van der Waals surface area contributed by atoms with E-state index in [9.17, 15) is 4.79 Å². The Balaban J connectivity index is 1.81. The van der Waals surface area contributed by atoms with Gasteiger partial charge in [0, 0.05) is 29.2 Å². The molecule has 0 aliphatic carbocycles. The number of hydrogen-bond acceptors (Lipinski definition) is 4. The van der Waals surface area contributed by atoms with Crippen molar-refractivity contribution < 1.29 is 9.53 Å². The normalized spacial score (nSPS) is 16.6. The zero-order chi connectivity index (χ0) is 13.2. The summed E-state index contributed by atoms with van der Waals surface area (Å²) in [5.74, 6) is 0.507. The summed E-state index contributed by atoms with van der Waals surface area (Å²) in [7, 11) is 0. The van der Waals surface area contributed by atoms with Crippen molar-refractivity contribution in [3.8, 4) is 5.75 Å². The Morgan fingerprint density at radius 3 is 2.89 bits per heavy atom. The van der Waals surface area contributed by atoms with E-state index in [0.29, 0.717) is 23.6 Å². The number of fused-ring (bicyclic) bond motifs is 1. The van der Waals surface area contributed by atoms with Gasteiger partial charge in [-0.15, -0.1) is 0 Å². The lowest BCUT2D eigenvalue weighted by Crippen LogP contribution is -2.12. The van der Waals surface area contributed by atoms with Crippen molar-refractivity contribution in [3.05, 3.63) is 53.9 Å². The van der Waals surface area contributed by atoms with Gasteiger partial charge in [-0.05, 0) is 24.3 Å². The molecular weight excluding hydrogens is 242 g/mol. The van der Waals surface area contributed by atoms with Crippen molar-refractivity contribution in [2.24, 2.45) is 5.73 Å². The van der Waals surface area contributed by atoms with Crippen LogP contribution in [-0.4, -0.2) is 17.5 Å². The highest BCUT2D eigenvalue weighted by Gasteiger charge is 2.21. The van der Waals surface area contributed by atoms with Crippen molar-refractivity contribution in [1.82, 2.24) is 4.98 Å². The molecule has 96 valence electrons. The van der Waals surface area contributed by atoms with Crippen LogP contribution in [0.4, 0.5) is 5.69 Å². The molecular formula is C14H13N3O2. The predicted octanol–water partition coefficient (Wildman–Crippen LogP) is 1.73. The number of nitrogens with one attached hydrogen (secondary N) is 1. The number of rotatable bonds is 2. The lowest BCUT2D eigenvalue weighted by Gasteiger charge is -2.06. The Morgan fingerprint density at radius 2 is 2.11 bits per heavy atom. The second-order valence-corrected chi connectivity index (χ2v) is 4.36. The molecule has 1 aromatic carbocycles. The number of ether oxygens (including phenoxy) is 1. The molecule has 1 aliphatic heterocycles. The number of anilines is 1. The quantitative estimate of drug-likeness (QED) is 0.856. The fourth-order valence-electron chi connectivity index (χ4n) is 2.01. The van der Waals surface area contributed by atoms with Crippen molar-refractivity contribution in [1.29, 1.82) is 0 Å². The molecule has 2 aromatic rings. The third-order valence-electron chi connectivity index (χ3n) is 3.03. The number of aromatic nitrogens is 1. The molecule has 0 bridgehead atoms.